The second-order valence-corrected chi connectivity index (χ2v) is 4.40. The Balaban J connectivity index is 2.19. The Morgan fingerprint density at radius 2 is 2.19 bits per heavy atom. The SMILES string of the molecule is CNc1cncc(N2CCCCCC2C)n1. The van der Waals surface area contributed by atoms with Crippen LogP contribution in [0, 0.1) is 0 Å². The maximum absolute atomic E-state index is 4.56. The minimum atomic E-state index is 0.573. The number of hydrogen-bond donors (Lipinski definition) is 1. The van der Waals surface area contributed by atoms with E-state index in [0.29, 0.717) is 6.04 Å². The second-order valence-electron chi connectivity index (χ2n) is 4.40. The van der Waals surface area contributed by atoms with Crippen LogP contribution in [-0.4, -0.2) is 29.6 Å². The molecule has 1 aliphatic heterocycles. The predicted molar refractivity (Wildman–Crippen MR) is 66.9 cm³/mol. The largest absolute Gasteiger partial charge is 0.372 e. The molecule has 0 aliphatic carbocycles. The molecule has 1 fully saturated rings. The first-order valence-corrected chi connectivity index (χ1v) is 6.07. The summed E-state index contributed by atoms with van der Waals surface area (Å²) in [5.41, 5.74) is 0. The van der Waals surface area contributed by atoms with E-state index in [1.807, 2.05) is 13.2 Å². The summed E-state index contributed by atoms with van der Waals surface area (Å²) < 4.78 is 0. The van der Waals surface area contributed by atoms with E-state index in [4.69, 9.17) is 0 Å². The molecule has 0 bridgehead atoms. The lowest BCUT2D eigenvalue weighted by atomic mass is 10.1. The highest BCUT2D eigenvalue weighted by Gasteiger charge is 2.18. The van der Waals surface area contributed by atoms with Crippen molar-refractivity contribution in [3.05, 3.63) is 12.4 Å². The van der Waals surface area contributed by atoms with E-state index in [0.717, 1.165) is 18.2 Å². The zero-order valence-corrected chi connectivity index (χ0v) is 10.1. The number of aromatic nitrogens is 2. The number of nitrogens with zero attached hydrogens (tertiary/aromatic N) is 3. The van der Waals surface area contributed by atoms with Crippen LogP contribution in [0.15, 0.2) is 12.4 Å². The van der Waals surface area contributed by atoms with E-state index in [1.54, 1.807) is 6.20 Å². The maximum atomic E-state index is 4.56. The standard InChI is InChI=1S/C12H20N4/c1-10-6-4-3-5-7-16(10)12-9-14-8-11(13-2)15-12/h8-10H,3-7H2,1-2H3,(H,13,15). The van der Waals surface area contributed by atoms with Crippen LogP contribution in [-0.2, 0) is 0 Å². The van der Waals surface area contributed by atoms with Crippen molar-refractivity contribution in [2.24, 2.45) is 0 Å². The van der Waals surface area contributed by atoms with Crippen LogP contribution in [0.2, 0.25) is 0 Å². The first kappa shape index (κ1) is 11.2. The van der Waals surface area contributed by atoms with Crippen molar-refractivity contribution in [2.75, 3.05) is 23.8 Å². The lowest BCUT2D eigenvalue weighted by Crippen LogP contribution is -2.33. The zero-order chi connectivity index (χ0) is 11.4. The molecule has 0 radical (unpaired) electrons. The Hall–Kier alpha value is -1.32. The minimum absolute atomic E-state index is 0.573. The molecule has 0 spiro atoms. The van der Waals surface area contributed by atoms with Gasteiger partial charge in [0.2, 0.25) is 0 Å². The van der Waals surface area contributed by atoms with Gasteiger partial charge in [0.05, 0.1) is 12.4 Å². The molecule has 88 valence electrons. The summed E-state index contributed by atoms with van der Waals surface area (Å²) in [7, 11) is 1.87. The van der Waals surface area contributed by atoms with E-state index in [1.165, 1.54) is 25.7 Å². The first-order chi connectivity index (χ1) is 7.81. The molecule has 2 heterocycles. The van der Waals surface area contributed by atoms with Crippen LogP contribution in [0.1, 0.15) is 32.6 Å². The summed E-state index contributed by atoms with van der Waals surface area (Å²) in [6.45, 7) is 3.38. The van der Waals surface area contributed by atoms with Crippen molar-refractivity contribution >= 4 is 11.6 Å². The normalized spacial score (nSPS) is 21.6. The summed E-state index contributed by atoms with van der Waals surface area (Å²) >= 11 is 0. The highest BCUT2D eigenvalue weighted by molar-refractivity contribution is 5.44. The van der Waals surface area contributed by atoms with Gasteiger partial charge in [-0.15, -0.1) is 0 Å². The molecule has 4 nitrogen and oxygen atoms in total. The summed E-state index contributed by atoms with van der Waals surface area (Å²) in [5, 5.41) is 3.04. The zero-order valence-electron chi connectivity index (χ0n) is 10.1. The fourth-order valence-electron chi connectivity index (χ4n) is 2.23. The molecular formula is C12H20N4. The van der Waals surface area contributed by atoms with Gasteiger partial charge in [-0.1, -0.05) is 12.8 Å². The fourth-order valence-corrected chi connectivity index (χ4v) is 2.23. The van der Waals surface area contributed by atoms with Crippen LogP contribution in [0.4, 0.5) is 11.6 Å². The van der Waals surface area contributed by atoms with Crippen LogP contribution in [0.3, 0.4) is 0 Å². The average Bonchev–Trinajstić information content (AvgIpc) is 2.54. The fraction of sp³-hybridized carbons (Fsp3) is 0.667. The first-order valence-electron chi connectivity index (χ1n) is 6.07. The van der Waals surface area contributed by atoms with E-state index in [9.17, 15) is 0 Å². The molecule has 1 aliphatic rings. The van der Waals surface area contributed by atoms with Gasteiger partial charge in [-0.25, -0.2) is 4.98 Å². The molecule has 16 heavy (non-hydrogen) atoms. The van der Waals surface area contributed by atoms with Crippen molar-refractivity contribution in [2.45, 2.75) is 38.6 Å². The molecule has 1 saturated heterocycles. The van der Waals surface area contributed by atoms with Gasteiger partial charge in [0, 0.05) is 19.6 Å². The van der Waals surface area contributed by atoms with E-state index >= 15 is 0 Å². The average molecular weight is 220 g/mol. The van der Waals surface area contributed by atoms with Crippen LogP contribution in [0.5, 0.6) is 0 Å². The van der Waals surface area contributed by atoms with E-state index in [2.05, 4.69) is 27.1 Å². The van der Waals surface area contributed by atoms with Crippen molar-refractivity contribution < 1.29 is 0 Å². The molecule has 0 amide bonds. The Bertz CT molecular complexity index is 340. The number of hydrogen-bond acceptors (Lipinski definition) is 4. The summed E-state index contributed by atoms with van der Waals surface area (Å²) in [4.78, 5) is 11.2. The summed E-state index contributed by atoms with van der Waals surface area (Å²) in [6, 6.07) is 0.573. The van der Waals surface area contributed by atoms with Gasteiger partial charge in [-0.3, -0.25) is 4.98 Å². The molecule has 4 heteroatoms. The van der Waals surface area contributed by atoms with Crippen LogP contribution in [0.25, 0.3) is 0 Å². The smallest absolute Gasteiger partial charge is 0.149 e. The predicted octanol–water partition coefficient (Wildman–Crippen LogP) is 2.29. The Morgan fingerprint density at radius 1 is 1.31 bits per heavy atom. The van der Waals surface area contributed by atoms with Gasteiger partial charge in [0.15, 0.2) is 0 Å². The van der Waals surface area contributed by atoms with Crippen molar-refractivity contribution in [1.29, 1.82) is 0 Å². The van der Waals surface area contributed by atoms with Crippen LogP contribution < -0.4 is 10.2 Å². The van der Waals surface area contributed by atoms with Gasteiger partial charge < -0.3 is 10.2 Å². The Labute approximate surface area is 97.1 Å². The van der Waals surface area contributed by atoms with Crippen molar-refractivity contribution in [1.82, 2.24) is 9.97 Å². The highest BCUT2D eigenvalue weighted by atomic mass is 15.2. The van der Waals surface area contributed by atoms with Crippen LogP contribution >= 0.6 is 0 Å². The number of nitrogens with one attached hydrogen (secondary N) is 1. The van der Waals surface area contributed by atoms with Gasteiger partial charge in [0.1, 0.15) is 11.6 Å². The minimum Gasteiger partial charge on any atom is -0.372 e. The van der Waals surface area contributed by atoms with E-state index < -0.39 is 0 Å². The summed E-state index contributed by atoms with van der Waals surface area (Å²) in [6.07, 6.45) is 8.80. The number of anilines is 2. The molecule has 1 aromatic rings. The monoisotopic (exact) mass is 220 g/mol. The topological polar surface area (TPSA) is 41.1 Å². The number of rotatable bonds is 2. The quantitative estimate of drug-likeness (QED) is 0.830. The molecule has 1 atom stereocenters. The lowest BCUT2D eigenvalue weighted by molar-refractivity contribution is 0.610. The third-order valence-corrected chi connectivity index (χ3v) is 3.23. The maximum Gasteiger partial charge on any atom is 0.149 e. The molecule has 1 unspecified atom stereocenters. The molecule has 1 N–H and O–H groups in total. The lowest BCUT2D eigenvalue weighted by Gasteiger charge is -2.28. The Kier molecular flexibility index (Phi) is 3.59. The third kappa shape index (κ3) is 2.43. The van der Waals surface area contributed by atoms with Crippen molar-refractivity contribution in [3.8, 4) is 0 Å². The second kappa shape index (κ2) is 5.14. The molecule has 0 aromatic carbocycles. The molecule has 0 saturated carbocycles. The molecule has 2 rings (SSSR count). The van der Waals surface area contributed by atoms with Crippen molar-refractivity contribution in [3.63, 3.8) is 0 Å². The van der Waals surface area contributed by atoms with E-state index in [-0.39, 0.29) is 0 Å². The molecular weight excluding hydrogens is 200 g/mol. The third-order valence-electron chi connectivity index (χ3n) is 3.23. The summed E-state index contributed by atoms with van der Waals surface area (Å²) in [5.74, 6) is 1.84. The Morgan fingerprint density at radius 3 is 3.00 bits per heavy atom. The van der Waals surface area contributed by atoms with Gasteiger partial charge in [0.25, 0.3) is 0 Å². The highest BCUT2D eigenvalue weighted by Crippen LogP contribution is 2.22. The van der Waals surface area contributed by atoms with Gasteiger partial charge in [-0.2, -0.15) is 0 Å². The van der Waals surface area contributed by atoms with Gasteiger partial charge in [-0.05, 0) is 19.8 Å². The van der Waals surface area contributed by atoms with Gasteiger partial charge >= 0.3 is 0 Å². The molecule has 1 aromatic heterocycles.